The topological polar surface area (TPSA) is 83.4 Å². The summed E-state index contributed by atoms with van der Waals surface area (Å²) in [5.41, 5.74) is 3.18. The van der Waals surface area contributed by atoms with Crippen LogP contribution in [0.25, 0.3) is 11.2 Å². The van der Waals surface area contributed by atoms with Gasteiger partial charge in [0.25, 0.3) is 0 Å². The van der Waals surface area contributed by atoms with Crippen LogP contribution in [0.3, 0.4) is 0 Å². The second kappa shape index (κ2) is 13.4. The number of carbonyl (C=O) groups excluding carboxylic acids is 2. The minimum absolute atomic E-state index is 0.0491. The summed E-state index contributed by atoms with van der Waals surface area (Å²) in [4.78, 5) is 39.8. The Morgan fingerprint density at radius 2 is 1.68 bits per heavy atom. The molecule has 1 N–H and O–H groups in total. The fraction of sp³-hybridized carbons (Fsp3) is 0.562. The SMILES string of the molecule is CCCCN(C(=O)C1CCCC1)c1ccc2nc(Nc3ccc(C(C)=O)cc3)n(CCCN3CCCCC3)c2n1. The number of ketones is 1. The number of imidazole rings is 1. The van der Waals surface area contributed by atoms with E-state index in [9.17, 15) is 9.59 Å². The number of nitrogens with zero attached hydrogens (tertiary/aromatic N) is 5. The summed E-state index contributed by atoms with van der Waals surface area (Å²) in [5, 5.41) is 3.47. The van der Waals surface area contributed by atoms with Gasteiger partial charge in [-0.25, -0.2) is 9.97 Å². The Labute approximate surface area is 238 Å². The molecule has 5 rings (SSSR count). The highest BCUT2D eigenvalue weighted by Crippen LogP contribution is 2.30. The number of likely N-dealkylation sites (tertiary alicyclic amines) is 1. The number of fused-ring (bicyclic) bond motifs is 1. The van der Waals surface area contributed by atoms with E-state index in [1.807, 2.05) is 41.3 Å². The first kappa shape index (κ1) is 28.3. The van der Waals surface area contributed by atoms with Gasteiger partial charge in [0.05, 0.1) is 0 Å². The molecule has 1 saturated carbocycles. The summed E-state index contributed by atoms with van der Waals surface area (Å²) in [7, 11) is 0. The molecule has 1 aliphatic carbocycles. The Bertz CT molecular complexity index is 1290. The fourth-order valence-corrected chi connectivity index (χ4v) is 6.05. The molecule has 3 heterocycles. The first-order valence-electron chi connectivity index (χ1n) is 15.3. The minimum Gasteiger partial charge on any atom is -0.326 e. The van der Waals surface area contributed by atoms with Crippen LogP contribution in [0, 0.1) is 5.92 Å². The first-order chi connectivity index (χ1) is 19.5. The molecule has 0 radical (unpaired) electrons. The van der Waals surface area contributed by atoms with Crippen LogP contribution in [-0.4, -0.2) is 57.3 Å². The van der Waals surface area contributed by atoms with Crippen molar-refractivity contribution >= 4 is 40.3 Å². The molecular weight excluding hydrogens is 500 g/mol. The van der Waals surface area contributed by atoms with Gasteiger partial charge >= 0.3 is 0 Å². The van der Waals surface area contributed by atoms with Gasteiger partial charge < -0.3 is 10.2 Å². The van der Waals surface area contributed by atoms with Crippen LogP contribution < -0.4 is 10.2 Å². The monoisotopic (exact) mass is 544 g/mol. The molecule has 2 aromatic heterocycles. The number of hydrogen-bond acceptors (Lipinski definition) is 6. The van der Waals surface area contributed by atoms with Crippen molar-refractivity contribution in [3.63, 3.8) is 0 Å². The average molecular weight is 545 g/mol. The number of anilines is 3. The second-order valence-electron chi connectivity index (χ2n) is 11.4. The maximum Gasteiger partial charge on any atom is 0.231 e. The van der Waals surface area contributed by atoms with Crippen molar-refractivity contribution in [1.82, 2.24) is 19.4 Å². The van der Waals surface area contributed by atoms with Crippen LogP contribution in [0.2, 0.25) is 0 Å². The molecule has 0 unspecified atom stereocenters. The van der Waals surface area contributed by atoms with E-state index in [0.29, 0.717) is 12.1 Å². The van der Waals surface area contributed by atoms with Gasteiger partial charge in [-0.3, -0.25) is 19.1 Å². The number of rotatable bonds is 12. The van der Waals surface area contributed by atoms with Crippen LogP contribution >= 0.6 is 0 Å². The smallest absolute Gasteiger partial charge is 0.231 e. The van der Waals surface area contributed by atoms with E-state index in [-0.39, 0.29) is 17.6 Å². The predicted octanol–water partition coefficient (Wildman–Crippen LogP) is 6.58. The molecule has 8 nitrogen and oxygen atoms in total. The number of amides is 1. The molecule has 2 aliphatic rings. The van der Waals surface area contributed by atoms with E-state index in [0.717, 1.165) is 86.7 Å². The molecular formula is C32H44N6O2. The Hall–Kier alpha value is -3.26. The zero-order valence-corrected chi connectivity index (χ0v) is 24.2. The number of hydrogen-bond donors (Lipinski definition) is 1. The maximum atomic E-state index is 13.6. The van der Waals surface area contributed by atoms with Gasteiger partial charge in [0.15, 0.2) is 11.4 Å². The Kier molecular flexibility index (Phi) is 9.47. The lowest BCUT2D eigenvalue weighted by molar-refractivity contribution is -0.122. The number of benzene rings is 1. The van der Waals surface area contributed by atoms with Gasteiger partial charge in [0, 0.05) is 30.3 Å². The molecule has 3 aromatic rings. The van der Waals surface area contributed by atoms with Crippen LogP contribution in [0.1, 0.15) is 88.4 Å². The molecule has 1 amide bonds. The van der Waals surface area contributed by atoms with E-state index in [1.165, 1.54) is 32.4 Å². The highest BCUT2D eigenvalue weighted by atomic mass is 16.2. The number of unbranched alkanes of at least 4 members (excludes halogenated alkanes) is 1. The standard InChI is InChI=1S/C32H44N6O2/c1-3-4-22-37(31(40)26-11-6-7-12-26)29-18-17-28-30(35-29)38(23-10-21-36-19-8-5-9-20-36)32(34-28)33-27-15-13-25(14-16-27)24(2)39/h13-18,26H,3-12,19-23H2,1-2H3,(H,33,34). The Morgan fingerprint density at radius 3 is 2.38 bits per heavy atom. The lowest BCUT2D eigenvalue weighted by atomic mass is 10.1. The number of piperidine rings is 1. The maximum absolute atomic E-state index is 13.6. The van der Waals surface area contributed by atoms with E-state index < -0.39 is 0 Å². The molecule has 1 aliphatic heterocycles. The zero-order valence-electron chi connectivity index (χ0n) is 24.2. The third-order valence-electron chi connectivity index (χ3n) is 8.41. The summed E-state index contributed by atoms with van der Waals surface area (Å²) >= 11 is 0. The van der Waals surface area contributed by atoms with E-state index in [2.05, 4.69) is 21.7 Å². The number of aromatic nitrogens is 3. The molecule has 0 atom stereocenters. The molecule has 8 heteroatoms. The van der Waals surface area contributed by atoms with Crippen LogP contribution in [-0.2, 0) is 11.3 Å². The largest absolute Gasteiger partial charge is 0.326 e. The summed E-state index contributed by atoms with van der Waals surface area (Å²) in [6.45, 7) is 8.62. The minimum atomic E-state index is 0.0491. The van der Waals surface area contributed by atoms with E-state index >= 15 is 0 Å². The van der Waals surface area contributed by atoms with Crippen molar-refractivity contribution < 1.29 is 9.59 Å². The second-order valence-corrected chi connectivity index (χ2v) is 11.4. The number of carbonyl (C=O) groups is 2. The molecule has 214 valence electrons. The van der Waals surface area contributed by atoms with Crippen LogP contribution in [0.5, 0.6) is 0 Å². The normalized spacial score (nSPS) is 16.4. The van der Waals surface area contributed by atoms with Crippen molar-refractivity contribution in [2.24, 2.45) is 5.92 Å². The summed E-state index contributed by atoms with van der Waals surface area (Å²) in [5.74, 6) is 1.84. The van der Waals surface area contributed by atoms with Crippen molar-refractivity contribution in [3.8, 4) is 0 Å². The summed E-state index contributed by atoms with van der Waals surface area (Å²) in [6, 6.07) is 11.5. The molecule has 1 aromatic carbocycles. The van der Waals surface area contributed by atoms with Crippen LogP contribution in [0.15, 0.2) is 36.4 Å². The number of nitrogens with one attached hydrogen (secondary N) is 1. The van der Waals surface area contributed by atoms with E-state index in [1.54, 1.807) is 6.92 Å². The predicted molar refractivity (Wildman–Crippen MR) is 161 cm³/mol. The Morgan fingerprint density at radius 1 is 0.925 bits per heavy atom. The van der Waals surface area contributed by atoms with Gasteiger partial charge in [-0.05, 0) is 101 Å². The number of aryl methyl sites for hydroxylation is 1. The van der Waals surface area contributed by atoms with Gasteiger partial charge in [0.2, 0.25) is 11.9 Å². The molecule has 2 fully saturated rings. The number of Topliss-reactive ketones (excluding diaryl/α,β-unsaturated/α-hetero) is 1. The summed E-state index contributed by atoms with van der Waals surface area (Å²) < 4.78 is 2.17. The van der Waals surface area contributed by atoms with Crippen molar-refractivity contribution in [3.05, 3.63) is 42.0 Å². The lowest BCUT2D eigenvalue weighted by Crippen LogP contribution is -2.36. The highest BCUT2D eigenvalue weighted by molar-refractivity contribution is 5.95. The lowest BCUT2D eigenvalue weighted by Gasteiger charge is -2.26. The Balaban J connectivity index is 1.45. The number of pyridine rings is 1. The molecule has 0 spiro atoms. The molecule has 40 heavy (non-hydrogen) atoms. The summed E-state index contributed by atoms with van der Waals surface area (Å²) in [6.07, 6.45) is 11.1. The van der Waals surface area contributed by atoms with Crippen molar-refractivity contribution in [2.45, 2.75) is 84.6 Å². The average Bonchev–Trinajstić information content (AvgIpc) is 3.63. The quantitative estimate of drug-likeness (QED) is 0.260. The highest BCUT2D eigenvalue weighted by Gasteiger charge is 2.29. The zero-order chi connectivity index (χ0) is 27.9. The third-order valence-corrected chi connectivity index (χ3v) is 8.41. The van der Waals surface area contributed by atoms with Gasteiger partial charge in [-0.1, -0.05) is 32.6 Å². The molecule has 1 saturated heterocycles. The first-order valence-corrected chi connectivity index (χ1v) is 15.3. The van der Waals surface area contributed by atoms with Gasteiger partial charge in [-0.2, -0.15) is 0 Å². The van der Waals surface area contributed by atoms with Crippen molar-refractivity contribution in [1.29, 1.82) is 0 Å². The van der Waals surface area contributed by atoms with Gasteiger partial charge in [0.1, 0.15) is 11.3 Å². The van der Waals surface area contributed by atoms with Crippen molar-refractivity contribution in [2.75, 3.05) is 36.4 Å². The molecule has 0 bridgehead atoms. The fourth-order valence-electron chi connectivity index (χ4n) is 6.05. The van der Waals surface area contributed by atoms with Crippen LogP contribution in [0.4, 0.5) is 17.5 Å². The van der Waals surface area contributed by atoms with Gasteiger partial charge in [-0.15, -0.1) is 0 Å². The van der Waals surface area contributed by atoms with E-state index in [4.69, 9.17) is 9.97 Å². The third kappa shape index (κ3) is 6.72.